The molecule has 0 aromatic heterocycles. The van der Waals surface area contributed by atoms with Crippen molar-refractivity contribution in [3.05, 3.63) is 70.3 Å². The first kappa shape index (κ1) is 41.0. The summed E-state index contributed by atoms with van der Waals surface area (Å²) in [6.07, 6.45) is 10.3. The molecular weight excluding hydrogens is 764 g/mol. The van der Waals surface area contributed by atoms with Gasteiger partial charge < -0.3 is 23.8 Å². The van der Waals surface area contributed by atoms with Crippen LogP contribution < -0.4 is 14.4 Å². The number of allylic oxidation sites excluding steroid dienone is 1. The number of carbonyl (C=O) groups excluding carboxylic acids is 1. The molecule has 0 unspecified atom stereocenters. The molecule has 6 aliphatic rings. The molecule has 2 aromatic rings. The molecule has 2 bridgehead atoms. The average Bonchev–Trinajstić information content (AvgIpc) is 3.29. The van der Waals surface area contributed by atoms with Crippen molar-refractivity contribution in [3.8, 4) is 5.75 Å². The van der Waals surface area contributed by atoms with Gasteiger partial charge in [0.25, 0.3) is 5.91 Å². The average molecular weight is 826 g/mol. The van der Waals surface area contributed by atoms with Crippen LogP contribution in [0.1, 0.15) is 73.9 Å². The van der Waals surface area contributed by atoms with Gasteiger partial charge in [0.05, 0.1) is 36.8 Å². The van der Waals surface area contributed by atoms with Gasteiger partial charge in [-0.1, -0.05) is 36.7 Å². The number of sulfonamides is 1. The highest BCUT2D eigenvalue weighted by molar-refractivity contribution is 7.90. The standard InChI is InChI=1S/C44H61ClN4O7S/c1-4-56-44(29-47-18-20-48(21-19-47)36-26-54-27-36)17-5-7-31(2)41(15-22-53-3)57(51,52)46-42(50)33-10-14-40-39(24-33)49(25-34-9-12-38(34)44)28-43(30-55-40)16-6-8-32-23-35(45)11-13-37(32)43/h5,10-11,13-14,17,23-24,31,34,36,38,41H,4,6-9,12,15-16,18-22,25-30H2,1-3H3,(H,46,50)/b17-5+/t31-,34-,38+,41+,43-,44-/m0/s1. The van der Waals surface area contributed by atoms with E-state index in [0.717, 1.165) is 95.3 Å². The van der Waals surface area contributed by atoms with Crippen molar-refractivity contribution < 1.29 is 32.2 Å². The summed E-state index contributed by atoms with van der Waals surface area (Å²) in [5, 5.41) is -0.0879. The lowest BCUT2D eigenvalue weighted by Crippen LogP contribution is -2.61. The van der Waals surface area contributed by atoms with E-state index in [0.29, 0.717) is 49.5 Å². The number of aryl methyl sites for hydroxylation is 1. The van der Waals surface area contributed by atoms with E-state index in [1.807, 2.05) is 25.1 Å². The Bertz CT molecular complexity index is 1900. The SMILES string of the molecule is CCO[C@]1(CN2CCN(C3COC3)CC2)/C=C/C[C@H](C)[C@@H](CCOC)S(=O)(=O)NC(=O)c2ccc3c(c2)N(C[C@@H]2CC[C@H]21)C[C@@]1(CCCc2cc(Cl)ccc21)CO3. The van der Waals surface area contributed by atoms with Crippen molar-refractivity contribution >= 4 is 33.2 Å². The van der Waals surface area contributed by atoms with E-state index in [1.54, 1.807) is 13.2 Å². The monoisotopic (exact) mass is 824 g/mol. The largest absolute Gasteiger partial charge is 0.490 e. The van der Waals surface area contributed by atoms with Crippen LogP contribution in [0.25, 0.3) is 0 Å². The Labute approximate surface area is 344 Å². The van der Waals surface area contributed by atoms with E-state index in [-0.39, 0.29) is 30.3 Å². The van der Waals surface area contributed by atoms with Crippen LogP contribution >= 0.6 is 11.6 Å². The molecule has 2 aromatic carbocycles. The van der Waals surface area contributed by atoms with Crippen molar-refractivity contribution in [1.82, 2.24) is 14.5 Å². The van der Waals surface area contributed by atoms with E-state index >= 15 is 0 Å². The normalized spacial score (nSPS) is 32.8. The molecule has 1 saturated carbocycles. The second-order valence-corrected chi connectivity index (χ2v) is 19.9. The first-order chi connectivity index (χ1) is 27.5. The molecule has 8 rings (SSSR count). The summed E-state index contributed by atoms with van der Waals surface area (Å²) >= 11 is 6.54. The lowest BCUT2D eigenvalue weighted by Gasteiger charge is -2.53. The number of piperazine rings is 1. The van der Waals surface area contributed by atoms with Crippen molar-refractivity contribution in [2.45, 2.75) is 81.1 Å². The van der Waals surface area contributed by atoms with Crippen molar-refractivity contribution in [2.75, 3.05) is 90.9 Å². The highest BCUT2D eigenvalue weighted by atomic mass is 35.5. The molecule has 1 amide bonds. The summed E-state index contributed by atoms with van der Waals surface area (Å²) in [6, 6.07) is 12.2. The van der Waals surface area contributed by atoms with Crippen LogP contribution in [0.4, 0.5) is 5.69 Å². The van der Waals surface area contributed by atoms with Gasteiger partial charge in [0.1, 0.15) is 11.4 Å². The zero-order valence-corrected chi connectivity index (χ0v) is 35.5. The molecule has 4 heterocycles. The van der Waals surface area contributed by atoms with E-state index < -0.39 is 26.8 Å². The summed E-state index contributed by atoms with van der Waals surface area (Å²) < 4.78 is 55.4. The van der Waals surface area contributed by atoms with Gasteiger partial charge in [-0.2, -0.15) is 0 Å². The van der Waals surface area contributed by atoms with Crippen LogP contribution in [0, 0.1) is 17.8 Å². The number of fused-ring (bicyclic) bond motifs is 4. The Morgan fingerprint density at radius 3 is 2.61 bits per heavy atom. The van der Waals surface area contributed by atoms with Crippen molar-refractivity contribution in [1.29, 1.82) is 0 Å². The number of nitrogens with one attached hydrogen (secondary N) is 1. The molecule has 312 valence electrons. The molecule has 2 aliphatic carbocycles. The maximum absolute atomic E-state index is 14.1. The molecule has 6 atom stereocenters. The summed E-state index contributed by atoms with van der Waals surface area (Å²) in [7, 11) is -2.50. The third kappa shape index (κ3) is 8.39. The Morgan fingerprint density at radius 2 is 1.89 bits per heavy atom. The minimum absolute atomic E-state index is 0.246. The third-order valence-corrected chi connectivity index (χ3v) is 16.2. The second-order valence-electron chi connectivity index (χ2n) is 17.5. The highest BCUT2D eigenvalue weighted by Gasteiger charge is 2.50. The third-order valence-electron chi connectivity index (χ3n) is 14.0. The van der Waals surface area contributed by atoms with E-state index in [1.165, 1.54) is 11.1 Å². The molecule has 1 N–H and O–H groups in total. The number of methoxy groups -OCH3 is 1. The number of anilines is 1. The number of rotatable bonds is 8. The summed E-state index contributed by atoms with van der Waals surface area (Å²) in [5.41, 5.74) is 2.84. The summed E-state index contributed by atoms with van der Waals surface area (Å²) in [6.45, 7) is 13.3. The zero-order chi connectivity index (χ0) is 39.8. The lowest BCUT2D eigenvalue weighted by atomic mass is 9.63. The molecule has 1 spiro atoms. The molecule has 4 aliphatic heterocycles. The fourth-order valence-corrected chi connectivity index (χ4v) is 12.5. The van der Waals surface area contributed by atoms with Gasteiger partial charge in [-0.05, 0) is 111 Å². The summed E-state index contributed by atoms with van der Waals surface area (Å²) in [4.78, 5) is 21.5. The summed E-state index contributed by atoms with van der Waals surface area (Å²) in [5.74, 6) is 0.369. The zero-order valence-electron chi connectivity index (χ0n) is 33.9. The molecule has 57 heavy (non-hydrogen) atoms. The van der Waals surface area contributed by atoms with Crippen LogP contribution in [0.2, 0.25) is 5.02 Å². The Hall–Kier alpha value is -2.71. The van der Waals surface area contributed by atoms with Gasteiger partial charge in [0, 0.05) is 82.1 Å². The quantitative estimate of drug-likeness (QED) is 0.334. The first-order valence-corrected chi connectivity index (χ1v) is 23.2. The number of carbonyl (C=O) groups is 1. The number of ether oxygens (including phenoxy) is 4. The maximum Gasteiger partial charge on any atom is 0.264 e. The number of nitrogens with zero attached hydrogens (tertiary/aromatic N) is 3. The minimum Gasteiger partial charge on any atom is -0.490 e. The Balaban J connectivity index is 1.19. The van der Waals surface area contributed by atoms with Crippen molar-refractivity contribution in [2.24, 2.45) is 17.8 Å². The van der Waals surface area contributed by atoms with E-state index in [9.17, 15) is 13.2 Å². The fourth-order valence-electron chi connectivity index (χ4n) is 10.7. The minimum atomic E-state index is -4.07. The lowest BCUT2D eigenvalue weighted by molar-refractivity contribution is -0.119. The fraction of sp³-hybridized carbons (Fsp3) is 0.659. The number of benzene rings is 2. The van der Waals surface area contributed by atoms with Crippen LogP contribution in [-0.2, 0) is 36.1 Å². The first-order valence-electron chi connectivity index (χ1n) is 21.2. The van der Waals surface area contributed by atoms with E-state index in [4.69, 9.17) is 30.5 Å². The molecule has 2 saturated heterocycles. The maximum atomic E-state index is 14.1. The Morgan fingerprint density at radius 1 is 1.07 bits per heavy atom. The smallest absolute Gasteiger partial charge is 0.264 e. The second kappa shape index (κ2) is 17.1. The van der Waals surface area contributed by atoms with Crippen LogP contribution in [-0.4, -0.2) is 127 Å². The molecule has 3 fully saturated rings. The van der Waals surface area contributed by atoms with Gasteiger partial charge >= 0.3 is 0 Å². The highest BCUT2D eigenvalue weighted by Crippen LogP contribution is 2.49. The van der Waals surface area contributed by atoms with Gasteiger partial charge in [-0.15, -0.1) is 0 Å². The Kier molecular flexibility index (Phi) is 12.3. The van der Waals surface area contributed by atoms with Gasteiger partial charge in [-0.25, -0.2) is 13.1 Å². The molecule has 11 nitrogen and oxygen atoms in total. The number of hydrogen-bond donors (Lipinski definition) is 1. The van der Waals surface area contributed by atoms with Gasteiger partial charge in [0.2, 0.25) is 10.0 Å². The van der Waals surface area contributed by atoms with Crippen LogP contribution in [0.15, 0.2) is 48.6 Å². The number of amides is 1. The predicted octanol–water partition coefficient (Wildman–Crippen LogP) is 5.69. The predicted molar refractivity (Wildman–Crippen MR) is 223 cm³/mol. The number of hydrogen-bond acceptors (Lipinski definition) is 10. The van der Waals surface area contributed by atoms with E-state index in [2.05, 4.69) is 50.6 Å². The van der Waals surface area contributed by atoms with Gasteiger partial charge in [-0.3, -0.25) is 14.6 Å². The topological polar surface area (TPSA) is 110 Å². The van der Waals surface area contributed by atoms with Gasteiger partial charge in [0.15, 0.2) is 0 Å². The van der Waals surface area contributed by atoms with Crippen LogP contribution in [0.3, 0.4) is 0 Å². The van der Waals surface area contributed by atoms with Crippen molar-refractivity contribution in [3.63, 3.8) is 0 Å². The van der Waals surface area contributed by atoms with Crippen LogP contribution in [0.5, 0.6) is 5.75 Å². The number of halogens is 1. The molecule has 13 heteroatoms. The molecular formula is C44H61ClN4O7S. The molecule has 0 radical (unpaired) electrons.